The van der Waals surface area contributed by atoms with Gasteiger partial charge >= 0.3 is 12.1 Å². The van der Waals surface area contributed by atoms with Crippen LogP contribution in [0.3, 0.4) is 0 Å². The maximum atomic E-state index is 13.7. The quantitative estimate of drug-likeness (QED) is 0.903. The lowest BCUT2D eigenvalue weighted by molar-refractivity contribution is -0.198. The standard InChI is InChI=1S/C17H16F3NO2/c1-2-14(17(18,19)20)16(15(22)23,12-7-4-3-5-8-12)13-9-6-10-21-11-13/h3-11,14H,2H2,1H3,(H,22,23). The van der Waals surface area contributed by atoms with E-state index >= 15 is 0 Å². The first-order valence-corrected chi connectivity index (χ1v) is 7.11. The van der Waals surface area contributed by atoms with E-state index in [1.165, 1.54) is 55.7 Å². The number of hydrogen-bond donors (Lipinski definition) is 1. The molecule has 2 unspecified atom stereocenters. The molecule has 0 saturated heterocycles. The summed E-state index contributed by atoms with van der Waals surface area (Å²) in [5.74, 6) is -3.61. The average molecular weight is 323 g/mol. The Balaban J connectivity index is 2.84. The Morgan fingerprint density at radius 3 is 2.17 bits per heavy atom. The van der Waals surface area contributed by atoms with Crippen molar-refractivity contribution >= 4 is 5.97 Å². The van der Waals surface area contributed by atoms with Gasteiger partial charge in [0.05, 0.1) is 5.92 Å². The molecule has 23 heavy (non-hydrogen) atoms. The van der Waals surface area contributed by atoms with Crippen LogP contribution in [0.1, 0.15) is 24.5 Å². The molecule has 0 bridgehead atoms. The van der Waals surface area contributed by atoms with Crippen LogP contribution in [0.5, 0.6) is 0 Å². The summed E-state index contributed by atoms with van der Waals surface area (Å²) in [6.45, 7) is 1.34. The molecule has 0 amide bonds. The van der Waals surface area contributed by atoms with E-state index in [1.807, 2.05) is 0 Å². The lowest BCUT2D eigenvalue weighted by Crippen LogP contribution is -2.50. The van der Waals surface area contributed by atoms with Gasteiger partial charge in [-0.2, -0.15) is 13.2 Å². The Kier molecular flexibility index (Phi) is 4.73. The molecule has 1 aromatic carbocycles. The van der Waals surface area contributed by atoms with E-state index < -0.39 is 23.5 Å². The predicted octanol–water partition coefficient (Wildman–Crippen LogP) is 4.04. The number of hydrogen-bond acceptors (Lipinski definition) is 2. The van der Waals surface area contributed by atoms with Gasteiger partial charge in [-0.3, -0.25) is 9.78 Å². The van der Waals surface area contributed by atoms with E-state index in [0.717, 1.165) is 0 Å². The molecule has 3 nitrogen and oxygen atoms in total. The number of aliphatic carboxylic acids is 1. The minimum absolute atomic E-state index is 0.0166. The first-order valence-electron chi connectivity index (χ1n) is 7.11. The van der Waals surface area contributed by atoms with Crippen molar-refractivity contribution in [1.29, 1.82) is 0 Å². The smallest absolute Gasteiger partial charge is 0.393 e. The van der Waals surface area contributed by atoms with Crippen molar-refractivity contribution < 1.29 is 23.1 Å². The maximum Gasteiger partial charge on any atom is 0.393 e. The van der Waals surface area contributed by atoms with Gasteiger partial charge in [-0.15, -0.1) is 0 Å². The zero-order valence-corrected chi connectivity index (χ0v) is 12.4. The highest BCUT2D eigenvalue weighted by atomic mass is 19.4. The van der Waals surface area contributed by atoms with Crippen LogP contribution < -0.4 is 0 Å². The predicted molar refractivity (Wildman–Crippen MR) is 78.9 cm³/mol. The minimum Gasteiger partial charge on any atom is -0.480 e. The third kappa shape index (κ3) is 2.93. The van der Waals surface area contributed by atoms with Gasteiger partial charge in [0.1, 0.15) is 5.41 Å². The van der Waals surface area contributed by atoms with Gasteiger partial charge in [-0.25, -0.2) is 0 Å². The Morgan fingerprint density at radius 1 is 1.13 bits per heavy atom. The van der Waals surface area contributed by atoms with Gasteiger partial charge in [-0.05, 0) is 23.6 Å². The number of carboxylic acids is 1. The molecule has 0 aliphatic carbocycles. The molecule has 0 saturated carbocycles. The highest BCUT2D eigenvalue weighted by molar-refractivity contribution is 5.86. The zero-order chi connectivity index (χ0) is 17.1. The molecule has 0 radical (unpaired) electrons. The largest absolute Gasteiger partial charge is 0.480 e. The van der Waals surface area contributed by atoms with Crippen molar-refractivity contribution in [1.82, 2.24) is 4.98 Å². The normalized spacial score (nSPS) is 15.7. The number of alkyl halides is 3. The number of carboxylic acid groups (broad SMARTS) is 1. The lowest BCUT2D eigenvalue weighted by atomic mass is 9.65. The SMILES string of the molecule is CCC(C(F)(F)F)C(C(=O)O)(c1ccccc1)c1cccnc1. The molecule has 0 aliphatic heterocycles. The molecule has 0 spiro atoms. The van der Waals surface area contributed by atoms with E-state index in [2.05, 4.69) is 4.98 Å². The highest BCUT2D eigenvalue weighted by Gasteiger charge is 2.59. The molecule has 1 aromatic heterocycles. The van der Waals surface area contributed by atoms with Crippen LogP contribution in [0.15, 0.2) is 54.9 Å². The zero-order valence-electron chi connectivity index (χ0n) is 12.4. The van der Waals surface area contributed by atoms with Gasteiger partial charge in [-0.1, -0.05) is 43.3 Å². The monoisotopic (exact) mass is 323 g/mol. The molecular formula is C17H16F3NO2. The molecule has 0 fully saturated rings. The molecule has 2 atom stereocenters. The van der Waals surface area contributed by atoms with Gasteiger partial charge in [0.2, 0.25) is 0 Å². The first kappa shape index (κ1) is 17.0. The van der Waals surface area contributed by atoms with Crippen LogP contribution in [0.4, 0.5) is 13.2 Å². The molecule has 2 rings (SSSR count). The van der Waals surface area contributed by atoms with Crippen LogP contribution in [0, 0.1) is 5.92 Å². The average Bonchev–Trinajstić information content (AvgIpc) is 2.52. The minimum atomic E-state index is -4.67. The number of halogens is 3. The van der Waals surface area contributed by atoms with Crippen LogP contribution in [0.25, 0.3) is 0 Å². The number of aromatic nitrogens is 1. The Morgan fingerprint density at radius 2 is 1.74 bits per heavy atom. The highest BCUT2D eigenvalue weighted by Crippen LogP contribution is 2.48. The van der Waals surface area contributed by atoms with E-state index in [4.69, 9.17) is 0 Å². The van der Waals surface area contributed by atoms with Crippen molar-refractivity contribution in [2.75, 3.05) is 0 Å². The van der Waals surface area contributed by atoms with Gasteiger partial charge in [0.25, 0.3) is 0 Å². The van der Waals surface area contributed by atoms with E-state index in [-0.39, 0.29) is 17.5 Å². The lowest BCUT2D eigenvalue weighted by Gasteiger charge is -2.38. The van der Waals surface area contributed by atoms with Crippen LogP contribution >= 0.6 is 0 Å². The summed E-state index contributed by atoms with van der Waals surface area (Å²) in [6, 6.07) is 10.3. The molecule has 122 valence electrons. The second kappa shape index (κ2) is 6.40. The number of pyridine rings is 1. The molecule has 0 aliphatic rings. The Bertz CT molecular complexity index is 617. The summed E-state index contributed by atoms with van der Waals surface area (Å²) in [5, 5.41) is 9.87. The van der Waals surface area contributed by atoms with Crippen LogP contribution in [0.2, 0.25) is 0 Å². The van der Waals surface area contributed by atoms with E-state index in [1.54, 1.807) is 6.07 Å². The molecule has 2 aromatic rings. The fourth-order valence-corrected chi connectivity index (χ4v) is 3.05. The van der Waals surface area contributed by atoms with E-state index in [0.29, 0.717) is 0 Å². The fraction of sp³-hybridized carbons (Fsp3) is 0.294. The molecule has 1 N–H and O–H groups in total. The number of rotatable bonds is 5. The summed E-state index contributed by atoms with van der Waals surface area (Å²) >= 11 is 0. The maximum absolute atomic E-state index is 13.7. The van der Waals surface area contributed by atoms with Crippen molar-refractivity contribution in [3.05, 3.63) is 66.0 Å². The topological polar surface area (TPSA) is 50.2 Å². The first-order chi connectivity index (χ1) is 10.8. The van der Waals surface area contributed by atoms with Crippen LogP contribution in [-0.4, -0.2) is 22.2 Å². The van der Waals surface area contributed by atoms with E-state index in [9.17, 15) is 23.1 Å². The molecule has 1 heterocycles. The number of nitrogens with zero attached hydrogens (tertiary/aromatic N) is 1. The van der Waals surface area contributed by atoms with Gasteiger partial charge in [0.15, 0.2) is 0 Å². The third-order valence-corrected chi connectivity index (χ3v) is 4.01. The summed E-state index contributed by atoms with van der Waals surface area (Å²) in [7, 11) is 0. The number of carbonyl (C=O) groups is 1. The molecular weight excluding hydrogens is 307 g/mol. The number of benzene rings is 1. The van der Waals surface area contributed by atoms with Crippen molar-refractivity contribution in [3.63, 3.8) is 0 Å². The fourth-order valence-electron chi connectivity index (χ4n) is 3.05. The second-order valence-electron chi connectivity index (χ2n) is 5.22. The Hall–Kier alpha value is -2.37. The molecule has 6 heteroatoms. The Labute approximate surface area is 131 Å². The van der Waals surface area contributed by atoms with Gasteiger partial charge in [0, 0.05) is 12.4 Å². The summed E-state index contributed by atoms with van der Waals surface area (Å²) in [6.07, 6.45) is -2.44. The van der Waals surface area contributed by atoms with Crippen molar-refractivity contribution in [3.8, 4) is 0 Å². The van der Waals surface area contributed by atoms with Crippen molar-refractivity contribution in [2.45, 2.75) is 24.9 Å². The summed E-state index contributed by atoms with van der Waals surface area (Å²) in [5.41, 5.74) is -2.13. The van der Waals surface area contributed by atoms with Gasteiger partial charge < -0.3 is 5.11 Å². The summed E-state index contributed by atoms with van der Waals surface area (Å²) < 4.78 is 41.0. The van der Waals surface area contributed by atoms with Crippen molar-refractivity contribution in [2.24, 2.45) is 5.92 Å². The second-order valence-corrected chi connectivity index (χ2v) is 5.22. The summed E-state index contributed by atoms with van der Waals surface area (Å²) in [4.78, 5) is 16.0. The van der Waals surface area contributed by atoms with Crippen LogP contribution in [-0.2, 0) is 10.2 Å². The third-order valence-electron chi connectivity index (χ3n) is 4.01.